The number of anilines is 1. The van der Waals surface area contributed by atoms with E-state index in [0.717, 1.165) is 13.1 Å². The zero-order chi connectivity index (χ0) is 28.4. The highest BCUT2D eigenvalue weighted by Crippen LogP contribution is 2.41. The molecule has 0 amide bonds. The van der Waals surface area contributed by atoms with Gasteiger partial charge in [-0.05, 0) is 13.0 Å². The zero-order valence-electron chi connectivity index (χ0n) is 20.5. The number of piperazine rings is 1. The molecule has 2 aliphatic rings. The zero-order valence-corrected chi connectivity index (χ0v) is 20.5. The standard InChI is InChI=1S/C21H26FN3O6.C2HF3O2/c1-12-10-30-20-17-14(7-16(22)18(20)24-5-3-23(2)4-6-24)19(28)15(8-25(12)17)21(29)31-11-13(27)9-26;3-2(4,5)1(6)7/h7-8,12-13,26-27H,3-6,9-11H2,1-2H3;(H,6,7)/t12-,13?;/m0./s1. The maximum atomic E-state index is 15.3. The van der Waals surface area contributed by atoms with E-state index in [-0.39, 0.29) is 23.6 Å². The Morgan fingerprint density at radius 1 is 1.32 bits per heavy atom. The average molecular weight is 549 g/mol. The number of ether oxygens (including phenoxy) is 2. The fourth-order valence-electron chi connectivity index (χ4n) is 4.07. The van der Waals surface area contributed by atoms with Crippen LogP contribution in [0.3, 0.4) is 0 Å². The topological polar surface area (TPSA) is 146 Å². The van der Waals surface area contributed by atoms with Crippen LogP contribution < -0.4 is 25.1 Å². The van der Waals surface area contributed by atoms with Gasteiger partial charge in [0.1, 0.15) is 36.5 Å². The molecule has 11 nitrogen and oxygen atoms in total. The van der Waals surface area contributed by atoms with Gasteiger partial charge in [0.2, 0.25) is 5.43 Å². The Hall–Kier alpha value is -3.43. The Kier molecular flexibility index (Phi) is 8.84. The molecule has 1 fully saturated rings. The number of nitrogens with one attached hydrogen (secondary N) is 1. The molecular weight excluding hydrogens is 522 g/mol. The number of halogens is 4. The summed E-state index contributed by atoms with van der Waals surface area (Å²) in [5.41, 5.74) is -0.116. The molecule has 1 aromatic heterocycles. The molecule has 0 radical (unpaired) electrons. The number of hydrogen-bond acceptors (Lipinski definition) is 9. The Morgan fingerprint density at radius 3 is 2.47 bits per heavy atom. The highest BCUT2D eigenvalue weighted by atomic mass is 19.4. The number of aliphatic hydroxyl groups is 2. The lowest BCUT2D eigenvalue weighted by atomic mass is 10.1. The van der Waals surface area contributed by atoms with E-state index in [4.69, 9.17) is 24.5 Å². The first-order chi connectivity index (χ1) is 17.8. The molecule has 4 rings (SSSR count). The third-order valence-corrected chi connectivity index (χ3v) is 6.14. The number of quaternary nitrogens is 1. The predicted octanol–water partition coefficient (Wildman–Crippen LogP) is -1.76. The lowest BCUT2D eigenvalue weighted by molar-refractivity contribution is -0.880. The number of aromatic nitrogens is 1. The summed E-state index contributed by atoms with van der Waals surface area (Å²) in [5, 5.41) is 27.1. The summed E-state index contributed by atoms with van der Waals surface area (Å²) in [4.78, 5) is 37.6. The van der Waals surface area contributed by atoms with Crippen molar-refractivity contribution in [3.05, 3.63) is 33.9 Å². The van der Waals surface area contributed by atoms with E-state index in [1.165, 1.54) is 17.2 Å². The van der Waals surface area contributed by atoms with Crippen LogP contribution in [-0.4, -0.2) is 92.0 Å². The van der Waals surface area contributed by atoms with Crippen LogP contribution in [0.2, 0.25) is 0 Å². The average Bonchev–Trinajstić information content (AvgIpc) is 2.86. The highest BCUT2D eigenvalue weighted by molar-refractivity contribution is 5.98. The molecule has 0 bridgehead atoms. The quantitative estimate of drug-likeness (QED) is 0.292. The van der Waals surface area contributed by atoms with Crippen LogP contribution in [-0.2, 0) is 9.53 Å². The largest absolute Gasteiger partial charge is 0.542 e. The van der Waals surface area contributed by atoms with Crippen molar-refractivity contribution in [2.75, 3.05) is 57.9 Å². The molecule has 210 valence electrons. The van der Waals surface area contributed by atoms with E-state index in [1.807, 2.05) is 11.8 Å². The third kappa shape index (κ3) is 6.16. The summed E-state index contributed by atoms with van der Waals surface area (Å²) >= 11 is 0. The summed E-state index contributed by atoms with van der Waals surface area (Å²) in [7, 11) is 2.09. The number of aliphatic carboxylic acids is 1. The lowest BCUT2D eigenvalue weighted by Gasteiger charge is -2.35. The van der Waals surface area contributed by atoms with Gasteiger partial charge in [-0.15, -0.1) is 0 Å². The molecule has 2 aliphatic heterocycles. The van der Waals surface area contributed by atoms with E-state index < -0.39 is 48.7 Å². The van der Waals surface area contributed by atoms with Gasteiger partial charge in [-0.2, -0.15) is 13.2 Å². The Bertz CT molecular complexity index is 1260. The number of likely N-dealkylation sites (N-methyl/N-ethyl adjacent to an activating group) is 1. The molecule has 15 heteroatoms. The molecular formula is C23H27F4N3O8. The smallest absolute Gasteiger partial charge is 0.430 e. The van der Waals surface area contributed by atoms with E-state index in [0.29, 0.717) is 30.0 Å². The monoisotopic (exact) mass is 549 g/mol. The van der Waals surface area contributed by atoms with Crippen LogP contribution in [0.4, 0.5) is 23.2 Å². The second kappa shape index (κ2) is 11.5. The van der Waals surface area contributed by atoms with Crippen molar-refractivity contribution in [1.82, 2.24) is 4.57 Å². The second-order valence-corrected chi connectivity index (χ2v) is 9.04. The number of hydrogen-bond donors (Lipinski definition) is 3. The SMILES string of the molecule is C[C@H]1COc2c(N3CC[NH+](C)CC3)c(F)cc3c(=O)c(C(=O)OCC(O)CO)cn1c23.O=C([O-])C(F)(F)F. The molecule has 3 N–H and O–H groups in total. The number of esters is 1. The minimum absolute atomic E-state index is 0.0414. The number of aliphatic hydroxyl groups excluding tert-OH is 2. The summed E-state index contributed by atoms with van der Waals surface area (Å²) < 4.78 is 59.4. The summed E-state index contributed by atoms with van der Waals surface area (Å²) in [6, 6.07) is 0.972. The van der Waals surface area contributed by atoms with Gasteiger partial charge in [0, 0.05) is 6.20 Å². The number of pyridine rings is 1. The van der Waals surface area contributed by atoms with Gasteiger partial charge in [0.25, 0.3) is 0 Å². The molecule has 1 aromatic carbocycles. The minimum atomic E-state index is -5.19. The first-order valence-corrected chi connectivity index (χ1v) is 11.6. The van der Waals surface area contributed by atoms with Gasteiger partial charge >= 0.3 is 12.1 Å². The number of carboxylic acid groups (broad SMARTS) is 1. The fraction of sp³-hybridized carbons (Fsp3) is 0.522. The van der Waals surface area contributed by atoms with Crippen LogP contribution in [0.5, 0.6) is 5.75 Å². The fourth-order valence-corrected chi connectivity index (χ4v) is 4.07. The second-order valence-electron chi connectivity index (χ2n) is 9.04. The maximum Gasteiger partial charge on any atom is 0.430 e. The Balaban J connectivity index is 0.000000505. The van der Waals surface area contributed by atoms with Gasteiger partial charge in [-0.1, -0.05) is 0 Å². The number of carbonyl (C=O) groups is 2. The Morgan fingerprint density at radius 2 is 1.92 bits per heavy atom. The number of carbonyl (C=O) groups excluding carboxylic acids is 2. The van der Waals surface area contributed by atoms with E-state index in [1.54, 1.807) is 4.57 Å². The molecule has 1 saturated heterocycles. The van der Waals surface area contributed by atoms with Crippen molar-refractivity contribution < 1.29 is 56.8 Å². The first-order valence-electron chi connectivity index (χ1n) is 11.6. The third-order valence-electron chi connectivity index (χ3n) is 6.14. The molecule has 0 spiro atoms. The van der Waals surface area contributed by atoms with E-state index >= 15 is 4.39 Å². The summed E-state index contributed by atoms with van der Waals surface area (Å²) in [6.07, 6.45) is -5.03. The predicted molar refractivity (Wildman–Crippen MR) is 122 cm³/mol. The molecule has 1 unspecified atom stereocenters. The van der Waals surface area contributed by atoms with Crippen LogP contribution in [0.1, 0.15) is 23.3 Å². The van der Waals surface area contributed by atoms with Crippen LogP contribution in [0.15, 0.2) is 17.1 Å². The molecule has 0 aliphatic carbocycles. The summed E-state index contributed by atoms with van der Waals surface area (Å²) in [5.74, 6) is -4.19. The number of alkyl halides is 3. The number of benzene rings is 1. The van der Waals surface area contributed by atoms with Crippen LogP contribution in [0.25, 0.3) is 10.9 Å². The normalized spacial score (nSPS) is 18.3. The maximum absolute atomic E-state index is 15.3. The minimum Gasteiger partial charge on any atom is -0.542 e. The molecule has 3 heterocycles. The molecule has 2 aromatic rings. The van der Waals surface area contributed by atoms with Gasteiger partial charge in [0.15, 0.2) is 11.6 Å². The van der Waals surface area contributed by atoms with Gasteiger partial charge in [0.05, 0.1) is 56.8 Å². The van der Waals surface area contributed by atoms with Gasteiger partial charge in [-0.25, -0.2) is 9.18 Å². The van der Waals surface area contributed by atoms with Gasteiger partial charge < -0.3 is 44.0 Å². The van der Waals surface area contributed by atoms with Crippen LogP contribution in [0, 0.1) is 5.82 Å². The van der Waals surface area contributed by atoms with E-state index in [2.05, 4.69) is 7.05 Å². The van der Waals surface area contributed by atoms with Crippen molar-refractivity contribution in [3.63, 3.8) is 0 Å². The van der Waals surface area contributed by atoms with Crippen molar-refractivity contribution in [1.29, 1.82) is 0 Å². The van der Waals surface area contributed by atoms with Crippen molar-refractivity contribution >= 4 is 28.5 Å². The van der Waals surface area contributed by atoms with Crippen LogP contribution >= 0.6 is 0 Å². The number of carboxylic acids is 1. The lowest BCUT2D eigenvalue weighted by Crippen LogP contribution is -3.12. The number of nitrogens with zero attached hydrogens (tertiary/aromatic N) is 2. The van der Waals surface area contributed by atoms with Crippen molar-refractivity contribution in [3.8, 4) is 5.75 Å². The van der Waals surface area contributed by atoms with Gasteiger partial charge in [-0.3, -0.25) is 4.79 Å². The van der Waals surface area contributed by atoms with Crippen molar-refractivity contribution in [2.24, 2.45) is 0 Å². The molecule has 0 saturated carbocycles. The Labute approximate surface area is 213 Å². The summed E-state index contributed by atoms with van der Waals surface area (Å²) in [6.45, 7) is 4.18. The number of rotatable bonds is 5. The molecule has 2 atom stereocenters. The highest BCUT2D eigenvalue weighted by Gasteiger charge is 2.32. The molecule has 38 heavy (non-hydrogen) atoms. The van der Waals surface area contributed by atoms with Crippen molar-refractivity contribution in [2.45, 2.75) is 25.2 Å². The van der Waals surface area contributed by atoms with E-state index in [9.17, 15) is 27.9 Å². The first kappa shape index (κ1) is 29.1.